The van der Waals surface area contributed by atoms with E-state index in [0.717, 1.165) is 23.0 Å². The predicted molar refractivity (Wildman–Crippen MR) is 67.5 cm³/mol. The van der Waals surface area contributed by atoms with Gasteiger partial charge in [0.15, 0.2) is 0 Å². The molecule has 0 N–H and O–H groups in total. The number of aldehydes is 1. The molecule has 3 heteroatoms. The number of hydrogen-bond donors (Lipinski definition) is 0. The van der Waals surface area contributed by atoms with Gasteiger partial charge in [-0.3, -0.25) is 4.79 Å². The van der Waals surface area contributed by atoms with Crippen LogP contribution in [0.2, 0.25) is 0 Å². The summed E-state index contributed by atoms with van der Waals surface area (Å²) in [4.78, 5) is 21.1. The Morgan fingerprint density at radius 1 is 1.06 bits per heavy atom. The van der Waals surface area contributed by atoms with Gasteiger partial charge in [0.25, 0.3) is 0 Å². The van der Waals surface area contributed by atoms with Crippen molar-refractivity contribution in [1.29, 1.82) is 0 Å². The van der Waals surface area contributed by atoms with E-state index in [2.05, 4.69) is 5.18 Å². The van der Waals surface area contributed by atoms with Crippen LogP contribution in [-0.2, 0) is 0 Å². The van der Waals surface area contributed by atoms with Gasteiger partial charge in [-0.25, -0.2) is 0 Å². The van der Waals surface area contributed by atoms with Crippen LogP contribution in [0.3, 0.4) is 0 Å². The van der Waals surface area contributed by atoms with Crippen LogP contribution in [0.4, 0.5) is 5.69 Å². The molecule has 0 atom stereocenters. The van der Waals surface area contributed by atoms with Gasteiger partial charge in [-0.05, 0) is 40.9 Å². The van der Waals surface area contributed by atoms with Crippen LogP contribution in [0.15, 0.2) is 47.6 Å². The maximum absolute atomic E-state index is 10.6. The van der Waals surface area contributed by atoms with E-state index in [9.17, 15) is 9.70 Å². The van der Waals surface area contributed by atoms with Crippen LogP contribution in [0.1, 0.15) is 15.9 Å². The summed E-state index contributed by atoms with van der Waals surface area (Å²) in [5.74, 6) is 0. The van der Waals surface area contributed by atoms with Gasteiger partial charge >= 0.3 is 0 Å². The van der Waals surface area contributed by atoms with Crippen molar-refractivity contribution in [3.05, 3.63) is 58.5 Å². The van der Waals surface area contributed by atoms with Crippen LogP contribution < -0.4 is 0 Å². The Morgan fingerprint density at radius 2 is 1.76 bits per heavy atom. The number of carbonyl (C=O) groups excluding carboxylic acids is 1. The summed E-state index contributed by atoms with van der Waals surface area (Å²) in [5.41, 5.74) is 4.04. The molecule has 2 aromatic carbocycles. The molecule has 0 saturated carbocycles. The molecule has 0 amide bonds. The number of carbonyl (C=O) groups is 1. The molecular formula is C14H11NO2. The van der Waals surface area contributed by atoms with E-state index in [-0.39, 0.29) is 0 Å². The van der Waals surface area contributed by atoms with E-state index < -0.39 is 0 Å². The number of nitrogens with zero attached hydrogens (tertiary/aromatic N) is 1. The third kappa shape index (κ3) is 2.28. The molecule has 0 heterocycles. The molecular weight excluding hydrogens is 214 g/mol. The van der Waals surface area contributed by atoms with E-state index in [1.165, 1.54) is 0 Å². The number of nitroso groups, excluding NO2 is 1. The van der Waals surface area contributed by atoms with Crippen molar-refractivity contribution in [2.24, 2.45) is 5.18 Å². The second-order valence-corrected chi connectivity index (χ2v) is 3.83. The highest BCUT2D eigenvalue weighted by molar-refractivity contribution is 5.78. The van der Waals surface area contributed by atoms with Crippen molar-refractivity contribution in [1.82, 2.24) is 0 Å². The normalized spacial score (nSPS) is 9.94. The average molecular weight is 225 g/mol. The van der Waals surface area contributed by atoms with E-state index in [1.54, 1.807) is 24.3 Å². The maximum Gasteiger partial charge on any atom is 0.150 e. The summed E-state index contributed by atoms with van der Waals surface area (Å²) in [6.45, 7) is 1.97. The van der Waals surface area contributed by atoms with Crippen LogP contribution >= 0.6 is 0 Å². The molecule has 0 aliphatic rings. The second-order valence-electron chi connectivity index (χ2n) is 3.83. The first kappa shape index (κ1) is 11.2. The van der Waals surface area contributed by atoms with E-state index >= 15 is 0 Å². The van der Waals surface area contributed by atoms with Gasteiger partial charge in [0.2, 0.25) is 0 Å². The molecule has 2 rings (SSSR count). The minimum atomic E-state index is 0.407. The predicted octanol–water partition coefficient (Wildman–Crippen LogP) is 3.87. The molecule has 0 aliphatic carbocycles. The fourth-order valence-corrected chi connectivity index (χ4v) is 1.72. The summed E-state index contributed by atoms with van der Waals surface area (Å²) in [5, 5.41) is 2.93. The SMILES string of the molecule is Cc1ccc(N=O)cc1-c1ccc(C=O)cc1. The Kier molecular flexibility index (Phi) is 3.10. The summed E-state index contributed by atoms with van der Waals surface area (Å²) in [6.07, 6.45) is 0.806. The summed E-state index contributed by atoms with van der Waals surface area (Å²) < 4.78 is 0. The van der Waals surface area contributed by atoms with E-state index in [4.69, 9.17) is 0 Å². The zero-order chi connectivity index (χ0) is 12.3. The van der Waals surface area contributed by atoms with Gasteiger partial charge in [0.05, 0.1) is 0 Å². The Bertz CT molecular complexity index is 559. The first-order chi connectivity index (χ1) is 8.24. The molecule has 84 valence electrons. The van der Waals surface area contributed by atoms with Crippen LogP contribution in [0.5, 0.6) is 0 Å². The number of aryl methyl sites for hydroxylation is 1. The van der Waals surface area contributed by atoms with Crippen LogP contribution in [-0.4, -0.2) is 6.29 Å². The third-order valence-corrected chi connectivity index (χ3v) is 2.68. The lowest BCUT2D eigenvalue weighted by atomic mass is 9.99. The average Bonchev–Trinajstić information content (AvgIpc) is 2.39. The molecule has 0 aliphatic heterocycles. The lowest BCUT2D eigenvalue weighted by Gasteiger charge is -2.06. The molecule has 0 unspecified atom stereocenters. The molecule has 0 radical (unpaired) electrons. The second kappa shape index (κ2) is 4.70. The van der Waals surface area contributed by atoms with Crippen molar-refractivity contribution >= 4 is 12.0 Å². The standard InChI is InChI=1S/C14H11NO2/c1-10-2-7-13(15-17)8-14(10)12-5-3-11(9-16)4-6-12/h2-9H,1H3. The maximum atomic E-state index is 10.6. The highest BCUT2D eigenvalue weighted by Gasteiger charge is 2.03. The quantitative estimate of drug-likeness (QED) is 0.588. The Balaban J connectivity index is 2.50. The first-order valence-corrected chi connectivity index (χ1v) is 5.24. The summed E-state index contributed by atoms with van der Waals surface area (Å²) in [6, 6.07) is 12.5. The third-order valence-electron chi connectivity index (χ3n) is 2.68. The van der Waals surface area contributed by atoms with Crippen molar-refractivity contribution < 1.29 is 4.79 Å². The minimum Gasteiger partial charge on any atom is -0.298 e. The van der Waals surface area contributed by atoms with Gasteiger partial charge in [0, 0.05) is 5.56 Å². The highest BCUT2D eigenvalue weighted by atomic mass is 16.3. The molecule has 2 aromatic rings. The fraction of sp³-hybridized carbons (Fsp3) is 0.0714. The lowest BCUT2D eigenvalue weighted by Crippen LogP contribution is -1.84. The lowest BCUT2D eigenvalue weighted by molar-refractivity contribution is 0.112. The zero-order valence-corrected chi connectivity index (χ0v) is 9.38. The largest absolute Gasteiger partial charge is 0.298 e. The van der Waals surface area contributed by atoms with E-state index in [1.807, 2.05) is 25.1 Å². The molecule has 0 aromatic heterocycles. The number of benzene rings is 2. The Labute approximate surface area is 99.1 Å². The molecule has 0 spiro atoms. The summed E-state index contributed by atoms with van der Waals surface area (Å²) >= 11 is 0. The monoisotopic (exact) mass is 225 g/mol. The molecule has 0 bridgehead atoms. The zero-order valence-electron chi connectivity index (χ0n) is 9.38. The smallest absolute Gasteiger partial charge is 0.150 e. The van der Waals surface area contributed by atoms with Crippen molar-refractivity contribution in [2.75, 3.05) is 0 Å². The molecule has 0 saturated heterocycles. The van der Waals surface area contributed by atoms with Gasteiger partial charge < -0.3 is 0 Å². The molecule has 0 fully saturated rings. The van der Waals surface area contributed by atoms with Gasteiger partial charge in [-0.2, -0.15) is 0 Å². The minimum absolute atomic E-state index is 0.407. The number of rotatable bonds is 3. The van der Waals surface area contributed by atoms with Gasteiger partial charge in [-0.1, -0.05) is 30.3 Å². The summed E-state index contributed by atoms with van der Waals surface area (Å²) in [7, 11) is 0. The highest BCUT2D eigenvalue weighted by Crippen LogP contribution is 2.27. The first-order valence-electron chi connectivity index (χ1n) is 5.24. The molecule has 3 nitrogen and oxygen atoms in total. The van der Waals surface area contributed by atoms with Gasteiger partial charge in [0.1, 0.15) is 12.0 Å². The Morgan fingerprint density at radius 3 is 2.35 bits per heavy atom. The van der Waals surface area contributed by atoms with E-state index in [0.29, 0.717) is 11.3 Å². The van der Waals surface area contributed by atoms with Crippen molar-refractivity contribution in [2.45, 2.75) is 6.92 Å². The Hall–Kier alpha value is -2.29. The number of hydrogen-bond acceptors (Lipinski definition) is 3. The fourth-order valence-electron chi connectivity index (χ4n) is 1.72. The van der Waals surface area contributed by atoms with Crippen molar-refractivity contribution in [3.63, 3.8) is 0 Å². The molecule has 17 heavy (non-hydrogen) atoms. The topological polar surface area (TPSA) is 46.5 Å². The van der Waals surface area contributed by atoms with Crippen molar-refractivity contribution in [3.8, 4) is 11.1 Å². The van der Waals surface area contributed by atoms with Gasteiger partial charge in [-0.15, -0.1) is 4.91 Å². The van der Waals surface area contributed by atoms with Crippen LogP contribution in [0.25, 0.3) is 11.1 Å². The van der Waals surface area contributed by atoms with Crippen LogP contribution in [0, 0.1) is 11.8 Å².